The zero-order valence-corrected chi connectivity index (χ0v) is 15.0. The van der Waals surface area contributed by atoms with E-state index in [1.807, 2.05) is 0 Å². The number of aliphatic carboxylic acids is 1. The fourth-order valence-electron chi connectivity index (χ4n) is 2.00. The average molecular weight is 450 g/mol. The van der Waals surface area contributed by atoms with Crippen LogP contribution in [0.5, 0.6) is 5.75 Å². The van der Waals surface area contributed by atoms with E-state index in [4.69, 9.17) is 9.84 Å². The van der Waals surface area contributed by atoms with Gasteiger partial charge in [0.1, 0.15) is 24.0 Å². The number of carbonyl (C=O) groups is 1. The standard InChI is InChI=1S/C16H12Br2F2O3/c17-13-5-9(1-2-15(21)22)6-14(18)16(13)23-8-10-3-11(19)7-12(20)4-10/h3-7H,1-2,8H2,(H,21,22). The van der Waals surface area contributed by atoms with Crippen molar-refractivity contribution in [3.8, 4) is 5.75 Å². The van der Waals surface area contributed by atoms with Gasteiger partial charge >= 0.3 is 5.97 Å². The zero-order valence-electron chi connectivity index (χ0n) is 11.8. The van der Waals surface area contributed by atoms with Crippen LogP contribution in [0.2, 0.25) is 0 Å². The minimum Gasteiger partial charge on any atom is -0.487 e. The highest BCUT2D eigenvalue weighted by atomic mass is 79.9. The number of aryl methyl sites for hydroxylation is 1. The summed E-state index contributed by atoms with van der Waals surface area (Å²) in [7, 11) is 0. The lowest BCUT2D eigenvalue weighted by atomic mass is 10.1. The molecular weight excluding hydrogens is 438 g/mol. The minimum absolute atomic E-state index is 0.000350. The molecule has 0 saturated carbocycles. The molecule has 0 spiro atoms. The molecule has 2 aromatic carbocycles. The number of rotatable bonds is 6. The quantitative estimate of drug-likeness (QED) is 0.668. The normalized spacial score (nSPS) is 10.6. The van der Waals surface area contributed by atoms with Crippen LogP contribution in [0.4, 0.5) is 8.78 Å². The highest BCUT2D eigenvalue weighted by molar-refractivity contribution is 9.11. The fraction of sp³-hybridized carbons (Fsp3) is 0.188. The molecule has 0 bridgehead atoms. The van der Waals surface area contributed by atoms with Crippen LogP contribution in [0.3, 0.4) is 0 Å². The lowest BCUT2D eigenvalue weighted by molar-refractivity contribution is -0.136. The van der Waals surface area contributed by atoms with Crippen LogP contribution in [-0.2, 0) is 17.8 Å². The van der Waals surface area contributed by atoms with Crippen molar-refractivity contribution in [3.05, 3.63) is 62.0 Å². The molecule has 7 heteroatoms. The molecule has 0 aliphatic carbocycles. The van der Waals surface area contributed by atoms with Crippen molar-refractivity contribution >= 4 is 37.8 Å². The number of ether oxygens (including phenoxy) is 1. The molecule has 0 aliphatic heterocycles. The summed E-state index contributed by atoms with van der Waals surface area (Å²) in [5, 5.41) is 8.71. The summed E-state index contributed by atoms with van der Waals surface area (Å²) in [5.74, 6) is -1.71. The van der Waals surface area contributed by atoms with Gasteiger partial charge in [0.15, 0.2) is 0 Å². The first-order chi connectivity index (χ1) is 10.8. The molecule has 2 aromatic rings. The molecule has 0 aliphatic rings. The molecule has 122 valence electrons. The Kier molecular flexibility index (Phi) is 6.12. The lowest BCUT2D eigenvalue weighted by Crippen LogP contribution is -2.00. The van der Waals surface area contributed by atoms with E-state index >= 15 is 0 Å². The molecule has 0 saturated heterocycles. The molecular formula is C16H12Br2F2O3. The summed E-state index contributed by atoms with van der Waals surface area (Å²) in [6.45, 7) is 0.000350. The van der Waals surface area contributed by atoms with Crippen molar-refractivity contribution in [3.63, 3.8) is 0 Å². The summed E-state index contributed by atoms with van der Waals surface area (Å²) in [4.78, 5) is 10.6. The molecule has 1 N–H and O–H groups in total. The van der Waals surface area contributed by atoms with Gasteiger partial charge in [0.25, 0.3) is 0 Å². The average Bonchev–Trinajstić information content (AvgIpc) is 2.43. The predicted molar refractivity (Wildman–Crippen MR) is 88.5 cm³/mol. The van der Waals surface area contributed by atoms with E-state index in [2.05, 4.69) is 31.9 Å². The summed E-state index contributed by atoms with van der Waals surface area (Å²) >= 11 is 6.71. The second kappa shape index (κ2) is 7.88. The smallest absolute Gasteiger partial charge is 0.303 e. The Morgan fingerprint density at radius 3 is 2.09 bits per heavy atom. The molecule has 2 rings (SSSR count). The first-order valence-electron chi connectivity index (χ1n) is 6.62. The molecule has 0 atom stereocenters. The zero-order chi connectivity index (χ0) is 17.0. The molecule has 3 nitrogen and oxygen atoms in total. The fourth-order valence-corrected chi connectivity index (χ4v) is 3.51. The van der Waals surface area contributed by atoms with Crippen molar-refractivity contribution < 1.29 is 23.4 Å². The maximum absolute atomic E-state index is 13.2. The van der Waals surface area contributed by atoms with Crippen LogP contribution in [0, 0.1) is 11.6 Å². The lowest BCUT2D eigenvalue weighted by Gasteiger charge is -2.12. The molecule has 0 fully saturated rings. The van der Waals surface area contributed by atoms with Crippen molar-refractivity contribution in [1.82, 2.24) is 0 Å². The van der Waals surface area contributed by atoms with Gasteiger partial charge in [0.2, 0.25) is 0 Å². The second-order valence-electron chi connectivity index (χ2n) is 4.85. The van der Waals surface area contributed by atoms with Crippen LogP contribution >= 0.6 is 31.9 Å². The van der Waals surface area contributed by atoms with E-state index in [-0.39, 0.29) is 13.0 Å². The van der Waals surface area contributed by atoms with E-state index in [1.165, 1.54) is 12.1 Å². The van der Waals surface area contributed by atoms with Gasteiger partial charge in [-0.2, -0.15) is 0 Å². The monoisotopic (exact) mass is 448 g/mol. The van der Waals surface area contributed by atoms with Crippen molar-refractivity contribution in [2.75, 3.05) is 0 Å². The Balaban J connectivity index is 2.12. The first-order valence-corrected chi connectivity index (χ1v) is 8.21. The van der Waals surface area contributed by atoms with Crippen LogP contribution < -0.4 is 4.74 Å². The number of benzene rings is 2. The third kappa shape index (κ3) is 5.28. The number of hydrogen-bond donors (Lipinski definition) is 1. The summed E-state index contributed by atoms with van der Waals surface area (Å²) in [6.07, 6.45) is 0.420. The van der Waals surface area contributed by atoms with Crippen molar-refractivity contribution in [1.29, 1.82) is 0 Å². The Bertz CT molecular complexity index is 692. The molecule has 0 radical (unpaired) electrons. The van der Waals surface area contributed by atoms with Crippen LogP contribution in [0.1, 0.15) is 17.5 Å². The maximum Gasteiger partial charge on any atom is 0.303 e. The predicted octanol–water partition coefficient (Wildman–Crippen LogP) is 5.09. The molecule has 0 amide bonds. The number of halogens is 4. The summed E-state index contributed by atoms with van der Waals surface area (Å²) in [6, 6.07) is 6.72. The highest BCUT2D eigenvalue weighted by Gasteiger charge is 2.11. The summed E-state index contributed by atoms with van der Waals surface area (Å²) < 4.78 is 33.2. The van der Waals surface area contributed by atoms with E-state index in [9.17, 15) is 13.6 Å². The van der Waals surface area contributed by atoms with Crippen molar-refractivity contribution in [2.24, 2.45) is 0 Å². The largest absolute Gasteiger partial charge is 0.487 e. The van der Waals surface area contributed by atoms with Crippen LogP contribution in [0.25, 0.3) is 0 Å². The third-order valence-corrected chi connectivity index (χ3v) is 4.17. The Hall–Kier alpha value is -1.47. The van der Waals surface area contributed by atoms with Gasteiger partial charge in [0.05, 0.1) is 8.95 Å². The summed E-state index contributed by atoms with van der Waals surface area (Å²) in [5.41, 5.74) is 1.20. The highest BCUT2D eigenvalue weighted by Crippen LogP contribution is 2.35. The van der Waals surface area contributed by atoms with Gasteiger partial charge in [0, 0.05) is 12.5 Å². The van der Waals surface area contributed by atoms with Gasteiger partial charge in [-0.3, -0.25) is 4.79 Å². The van der Waals surface area contributed by atoms with E-state index < -0.39 is 17.6 Å². The Morgan fingerprint density at radius 2 is 1.57 bits per heavy atom. The molecule has 0 heterocycles. The van der Waals surface area contributed by atoms with Crippen LogP contribution in [-0.4, -0.2) is 11.1 Å². The third-order valence-electron chi connectivity index (χ3n) is 2.99. The number of carboxylic acids is 1. The van der Waals surface area contributed by atoms with E-state index in [0.717, 1.165) is 11.6 Å². The van der Waals surface area contributed by atoms with Gasteiger partial charge in [-0.05, 0) is 73.7 Å². The van der Waals surface area contributed by atoms with Gasteiger partial charge in [-0.15, -0.1) is 0 Å². The maximum atomic E-state index is 13.2. The number of carboxylic acid groups (broad SMARTS) is 1. The van der Waals surface area contributed by atoms with E-state index in [0.29, 0.717) is 26.7 Å². The molecule has 23 heavy (non-hydrogen) atoms. The van der Waals surface area contributed by atoms with Gasteiger partial charge in [-0.25, -0.2) is 8.78 Å². The Labute approximate surface area is 148 Å². The SMILES string of the molecule is O=C(O)CCc1cc(Br)c(OCc2cc(F)cc(F)c2)c(Br)c1. The van der Waals surface area contributed by atoms with E-state index in [1.54, 1.807) is 12.1 Å². The topological polar surface area (TPSA) is 46.5 Å². The minimum atomic E-state index is -0.870. The molecule has 0 aromatic heterocycles. The van der Waals surface area contributed by atoms with Crippen molar-refractivity contribution in [2.45, 2.75) is 19.4 Å². The second-order valence-corrected chi connectivity index (χ2v) is 6.56. The number of hydrogen-bond acceptors (Lipinski definition) is 2. The van der Waals surface area contributed by atoms with Crippen LogP contribution in [0.15, 0.2) is 39.3 Å². The molecule has 0 unspecified atom stereocenters. The van der Waals surface area contributed by atoms with Gasteiger partial charge < -0.3 is 9.84 Å². The first kappa shape index (κ1) is 17.9. The Morgan fingerprint density at radius 1 is 1.00 bits per heavy atom. The van der Waals surface area contributed by atoms with Gasteiger partial charge in [-0.1, -0.05) is 0 Å².